The second-order valence-electron chi connectivity index (χ2n) is 8.15. The summed E-state index contributed by atoms with van der Waals surface area (Å²) in [5.41, 5.74) is 5.91. The lowest BCUT2D eigenvalue weighted by Gasteiger charge is -2.51. The first-order valence-corrected chi connectivity index (χ1v) is 8.88. The quantitative estimate of drug-likeness (QED) is 0.672. The van der Waals surface area contributed by atoms with Gasteiger partial charge in [-0.25, -0.2) is 4.39 Å². The fraction of sp³-hybridized carbons (Fsp3) is 0.938. The van der Waals surface area contributed by atoms with Crippen molar-refractivity contribution in [3.63, 3.8) is 0 Å². The number of carbonyl (C=O) groups excluding carboxylic acids is 1. The van der Waals surface area contributed by atoms with Crippen molar-refractivity contribution in [1.82, 2.24) is 4.90 Å². The molecular formula is C16H28BFN2O3. The van der Waals surface area contributed by atoms with E-state index in [-0.39, 0.29) is 5.91 Å². The standard InChI is InChI=1S/C16H28BFN2O3/c1-10-5-11-6-12(18)9-16(7-10,8-11)14(19)15(21)20-4-2-3-13(20)17(22)23/h10-14,22-23H,2-9,19H2,1H3/t10?,11?,12?,13-,14+,16?/m0/s1. The molecule has 1 heterocycles. The summed E-state index contributed by atoms with van der Waals surface area (Å²) in [6, 6.07) is -0.745. The second kappa shape index (κ2) is 6.33. The number of hydrogen-bond donors (Lipinski definition) is 3. The van der Waals surface area contributed by atoms with Gasteiger partial charge in [-0.1, -0.05) is 6.92 Å². The van der Waals surface area contributed by atoms with Crippen LogP contribution in [0.3, 0.4) is 0 Å². The van der Waals surface area contributed by atoms with Crippen LogP contribution in [0, 0.1) is 17.3 Å². The number of carbonyl (C=O) groups is 1. The Morgan fingerprint density at radius 2 is 2.09 bits per heavy atom. The molecule has 4 N–H and O–H groups in total. The zero-order chi connectivity index (χ0) is 16.8. The van der Waals surface area contributed by atoms with Crippen LogP contribution in [0.15, 0.2) is 0 Å². The predicted octanol–water partition coefficient (Wildman–Crippen LogP) is 0.871. The van der Waals surface area contributed by atoms with E-state index >= 15 is 0 Å². The molecule has 4 unspecified atom stereocenters. The molecule has 0 aromatic heterocycles. The maximum Gasteiger partial charge on any atom is 0.475 e. The van der Waals surface area contributed by atoms with Crippen molar-refractivity contribution in [2.45, 2.75) is 70.0 Å². The third kappa shape index (κ3) is 3.15. The summed E-state index contributed by atoms with van der Waals surface area (Å²) < 4.78 is 14.2. The first kappa shape index (κ1) is 17.2. The van der Waals surface area contributed by atoms with Crippen LogP contribution >= 0.6 is 0 Å². The molecule has 2 bridgehead atoms. The van der Waals surface area contributed by atoms with Crippen LogP contribution < -0.4 is 5.73 Å². The lowest BCUT2D eigenvalue weighted by molar-refractivity contribution is -0.139. The van der Waals surface area contributed by atoms with E-state index in [1.54, 1.807) is 0 Å². The molecule has 5 nitrogen and oxygen atoms in total. The number of likely N-dealkylation sites (tertiary alicyclic amines) is 1. The maximum absolute atomic E-state index is 14.2. The normalized spacial score (nSPS) is 41.7. The molecule has 6 atom stereocenters. The van der Waals surface area contributed by atoms with Crippen LogP contribution in [0.4, 0.5) is 4.39 Å². The van der Waals surface area contributed by atoms with Crippen molar-refractivity contribution < 1.29 is 19.2 Å². The molecule has 3 aliphatic rings. The molecule has 130 valence electrons. The highest BCUT2D eigenvalue weighted by Crippen LogP contribution is 2.53. The van der Waals surface area contributed by atoms with Crippen molar-refractivity contribution in [2.75, 3.05) is 6.54 Å². The smallest absolute Gasteiger partial charge is 0.426 e. The molecule has 3 rings (SSSR count). The number of rotatable bonds is 3. The van der Waals surface area contributed by atoms with Crippen LogP contribution in [0.2, 0.25) is 0 Å². The number of fused-ring (bicyclic) bond motifs is 2. The molecule has 0 aromatic carbocycles. The zero-order valence-corrected chi connectivity index (χ0v) is 13.8. The van der Waals surface area contributed by atoms with E-state index in [2.05, 4.69) is 6.92 Å². The third-order valence-corrected chi connectivity index (χ3v) is 6.26. The van der Waals surface area contributed by atoms with E-state index in [1.165, 1.54) is 4.90 Å². The molecule has 1 amide bonds. The molecule has 1 saturated heterocycles. The lowest BCUT2D eigenvalue weighted by Crippen LogP contribution is -2.60. The highest BCUT2D eigenvalue weighted by molar-refractivity contribution is 6.43. The van der Waals surface area contributed by atoms with Gasteiger partial charge in [0.25, 0.3) is 0 Å². The highest BCUT2D eigenvalue weighted by Gasteiger charge is 2.52. The van der Waals surface area contributed by atoms with E-state index in [4.69, 9.17) is 5.73 Å². The molecule has 0 radical (unpaired) electrons. The summed E-state index contributed by atoms with van der Waals surface area (Å²) in [5.74, 6) is -0.0360. The number of amides is 1. The SMILES string of the molecule is CC1CC2CC(F)CC([C@H](N)C(=O)N3CCC[C@H]3B(O)O)(C1)C2. The summed E-state index contributed by atoms with van der Waals surface area (Å²) >= 11 is 0. The highest BCUT2D eigenvalue weighted by atomic mass is 19.1. The Labute approximate surface area is 137 Å². The Morgan fingerprint density at radius 1 is 1.35 bits per heavy atom. The zero-order valence-electron chi connectivity index (χ0n) is 13.8. The Hall–Kier alpha value is -0.655. The maximum atomic E-state index is 14.2. The van der Waals surface area contributed by atoms with Crippen LogP contribution in [0.5, 0.6) is 0 Å². The van der Waals surface area contributed by atoms with Gasteiger partial charge in [-0.15, -0.1) is 0 Å². The number of nitrogens with zero attached hydrogens (tertiary/aromatic N) is 1. The van der Waals surface area contributed by atoms with Gasteiger partial charge in [0, 0.05) is 6.54 Å². The molecule has 2 saturated carbocycles. The minimum absolute atomic E-state index is 0.234. The summed E-state index contributed by atoms with van der Waals surface area (Å²) in [7, 11) is -1.54. The fourth-order valence-corrected chi connectivity index (χ4v) is 5.52. The third-order valence-electron chi connectivity index (χ3n) is 6.26. The van der Waals surface area contributed by atoms with Crippen molar-refractivity contribution in [1.29, 1.82) is 0 Å². The molecule has 3 fully saturated rings. The second-order valence-corrected chi connectivity index (χ2v) is 8.15. The van der Waals surface area contributed by atoms with Gasteiger partial charge >= 0.3 is 7.12 Å². The largest absolute Gasteiger partial charge is 0.475 e. The molecule has 7 heteroatoms. The van der Waals surface area contributed by atoms with Crippen molar-refractivity contribution in [3.8, 4) is 0 Å². The summed E-state index contributed by atoms with van der Waals surface area (Å²) in [5, 5.41) is 19.0. The Kier molecular flexibility index (Phi) is 4.73. The van der Waals surface area contributed by atoms with Gasteiger partial charge in [0.05, 0.1) is 12.0 Å². The number of halogens is 1. The minimum Gasteiger partial charge on any atom is -0.426 e. The molecular weight excluding hydrogens is 298 g/mol. The van der Waals surface area contributed by atoms with Crippen LogP contribution in [0.1, 0.15) is 51.9 Å². The Morgan fingerprint density at radius 3 is 2.78 bits per heavy atom. The van der Waals surface area contributed by atoms with Crippen LogP contribution in [0.25, 0.3) is 0 Å². The molecule has 0 aromatic rings. The van der Waals surface area contributed by atoms with Crippen molar-refractivity contribution >= 4 is 13.0 Å². The van der Waals surface area contributed by atoms with Gasteiger partial charge in [0.1, 0.15) is 6.17 Å². The molecule has 2 aliphatic carbocycles. The summed E-state index contributed by atoms with van der Waals surface area (Å²) in [6.07, 6.45) is 4.03. The van der Waals surface area contributed by atoms with Gasteiger partial charge in [0.2, 0.25) is 5.91 Å². The minimum atomic E-state index is -1.54. The van der Waals surface area contributed by atoms with Gasteiger partial charge in [-0.2, -0.15) is 0 Å². The van der Waals surface area contributed by atoms with E-state index in [9.17, 15) is 19.2 Å². The number of alkyl halides is 1. The van der Waals surface area contributed by atoms with Crippen LogP contribution in [-0.2, 0) is 4.79 Å². The number of nitrogens with two attached hydrogens (primary N) is 1. The van der Waals surface area contributed by atoms with Gasteiger partial charge in [0.15, 0.2) is 0 Å². The lowest BCUT2D eigenvalue weighted by atomic mass is 9.56. The Bertz CT molecular complexity index is 445. The average molecular weight is 326 g/mol. The van der Waals surface area contributed by atoms with E-state index < -0.39 is 30.7 Å². The average Bonchev–Trinajstić information content (AvgIpc) is 2.93. The molecule has 1 aliphatic heterocycles. The van der Waals surface area contributed by atoms with Crippen molar-refractivity contribution in [3.05, 3.63) is 0 Å². The van der Waals surface area contributed by atoms with Gasteiger partial charge in [-0.05, 0) is 62.2 Å². The Balaban J connectivity index is 1.80. The predicted molar refractivity (Wildman–Crippen MR) is 86.0 cm³/mol. The van der Waals surface area contributed by atoms with E-state index in [1.807, 2.05) is 0 Å². The first-order chi connectivity index (χ1) is 10.8. The first-order valence-electron chi connectivity index (χ1n) is 8.88. The van der Waals surface area contributed by atoms with Gasteiger partial charge < -0.3 is 20.7 Å². The van der Waals surface area contributed by atoms with E-state index in [0.29, 0.717) is 37.6 Å². The van der Waals surface area contributed by atoms with Gasteiger partial charge in [-0.3, -0.25) is 4.79 Å². The summed E-state index contributed by atoms with van der Waals surface area (Å²) in [4.78, 5) is 14.4. The van der Waals surface area contributed by atoms with Crippen molar-refractivity contribution in [2.24, 2.45) is 23.0 Å². The molecule has 23 heavy (non-hydrogen) atoms. The van der Waals surface area contributed by atoms with Crippen LogP contribution in [-0.4, -0.2) is 52.7 Å². The van der Waals surface area contributed by atoms with E-state index in [0.717, 1.165) is 25.7 Å². The topological polar surface area (TPSA) is 86.8 Å². The molecule has 0 spiro atoms. The number of hydrogen-bond acceptors (Lipinski definition) is 4. The summed E-state index contributed by atoms with van der Waals surface area (Å²) in [6.45, 7) is 2.66. The monoisotopic (exact) mass is 326 g/mol. The fourth-order valence-electron chi connectivity index (χ4n) is 5.52.